The molecule has 1 aromatic heterocycles. The van der Waals surface area contributed by atoms with Crippen molar-refractivity contribution in [3.05, 3.63) is 63.1 Å². The number of hydrogen-bond acceptors (Lipinski definition) is 3. The van der Waals surface area contributed by atoms with Gasteiger partial charge in [-0.1, -0.05) is 6.07 Å². The molecule has 142 valence electrons. The number of carboxylic acid groups (broad SMARTS) is 1. The van der Waals surface area contributed by atoms with E-state index in [1.165, 1.54) is 24.1 Å². The number of aromatic carboxylic acids is 1. The molecule has 2 heterocycles. The van der Waals surface area contributed by atoms with Crippen LogP contribution in [0.25, 0.3) is 5.69 Å². The van der Waals surface area contributed by atoms with Crippen molar-refractivity contribution < 1.29 is 27.9 Å². The summed E-state index contributed by atoms with van der Waals surface area (Å²) in [6, 6.07) is 4.08. The maximum absolute atomic E-state index is 13.0. The number of carbonyl (C=O) groups is 2. The minimum absolute atomic E-state index is 0.0875. The van der Waals surface area contributed by atoms with Crippen LogP contribution in [0.2, 0.25) is 0 Å². The molecule has 0 saturated heterocycles. The smallest absolute Gasteiger partial charge is 0.416 e. The number of hydrogen-bond donors (Lipinski definition) is 1. The summed E-state index contributed by atoms with van der Waals surface area (Å²) in [7, 11) is 0. The van der Waals surface area contributed by atoms with Gasteiger partial charge in [0.25, 0.3) is 5.56 Å². The lowest BCUT2D eigenvalue weighted by Crippen LogP contribution is -2.38. The summed E-state index contributed by atoms with van der Waals surface area (Å²) in [4.78, 5) is 37.4. The molecule has 0 radical (unpaired) electrons. The third kappa shape index (κ3) is 3.44. The van der Waals surface area contributed by atoms with Crippen molar-refractivity contribution in [2.24, 2.45) is 0 Å². The molecule has 1 aromatic carbocycles. The Hall–Kier alpha value is -3.10. The summed E-state index contributed by atoms with van der Waals surface area (Å²) in [5.41, 5.74) is -1.70. The van der Waals surface area contributed by atoms with Gasteiger partial charge in [0.2, 0.25) is 5.91 Å². The summed E-state index contributed by atoms with van der Waals surface area (Å²) >= 11 is 0. The van der Waals surface area contributed by atoms with Gasteiger partial charge in [0, 0.05) is 31.9 Å². The third-order valence-electron chi connectivity index (χ3n) is 4.51. The normalized spacial score (nSPS) is 14.0. The quantitative estimate of drug-likeness (QED) is 0.868. The maximum Gasteiger partial charge on any atom is 0.416 e. The van der Waals surface area contributed by atoms with Crippen LogP contribution < -0.4 is 5.56 Å². The number of alkyl halides is 3. The summed E-state index contributed by atoms with van der Waals surface area (Å²) in [6.45, 7) is 1.73. The standard InChI is InChI=1S/C18H15F3N2O4/c1-10(24)22-6-5-14-11(8-22)9-23(16(25)15(14)17(26)27)13-4-2-3-12(7-13)18(19,20)21/h2-4,7,9H,5-6,8H2,1H3,(H,26,27). The first-order chi connectivity index (χ1) is 12.6. The van der Waals surface area contributed by atoms with Gasteiger partial charge in [-0.2, -0.15) is 13.2 Å². The van der Waals surface area contributed by atoms with Crippen LogP contribution in [0.15, 0.2) is 35.3 Å². The van der Waals surface area contributed by atoms with Gasteiger partial charge < -0.3 is 10.0 Å². The highest BCUT2D eigenvalue weighted by Gasteiger charge is 2.31. The number of carbonyl (C=O) groups excluding carboxylic acids is 1. The zero-order valence-electron chi connectivity index (χ0n) is 14.2. The Bertz CT molecular complexity index is 995. The summed E-state index contributed by atoms with van der Waals surface area (Å²) < 4.78 is 39.8. The van der Waals surface area contributed by atoms with E-state index in [2.05, 4.69) is 0 Å². The Morgan fingerprint density at radius 2 is 1.93 bits per heavy atom. The Labute approximate surface area is 151 Å². The average molecular weight is 380 g/mol. The monoisotopic (exact) mass is 380 g/mol. The van der Waals surface area contributed by atoms with E-state index in [4.69, 9.17) is 0 Å². The van der Waals surface area contributed by atoms with E-state index in [-0.39, 0.29) is 31.1 Å². The number of amides is 1. The van der Waals surface area contributed by atoms with Crippen molar-refractivity contribution in [2.75, 3.05) is 6.54 Å². The molecule has 2 aromatic rings. The van der Waals surface area contributed by atoms with Crippen LogP contribution >= 0.6 is 0 Å². The first-order valence-electron chi connectivity index (χ1n) is 8.03. The molecule has 27 heavy (non-hydrogen) atoms. The predicted octanol–water partition coefficient (Wildman–Crippen LogP) is 2.46. The average Bonchev–Trinajstić information content (AvgIpc) is 2.59. The lowest BCUT2D eigenvalue weighted by atomic mass is 9.96. The number of benzene rings is 1. The molecule has 0 atom stereocenters. The fourth-order valence-corrected chi connectivity index (χ4v) is 3.17. The first-order valence-corrected chi connectivity index (χ1v) is 8.03. The van der Waals surface area contributed by atoms with E-state index in [0.717, 1.165) is 22.8 Å². The number of nitrogens with zero attached hydrogens (tertiary/aromatic N) is 2. The molecule has 0 spiro atoms. The lowest BCUT2D eigenvalue weighted by Gasteiger charge is -2.29. The first kappa shape index (κ1) is 18.7. The number of pyridine rings is 1. The van der Waals surface area contributed by atoms with Gasteiger partial charge in [-0.3, -0.25) is 14.2 Å². The van der Waals surface area contributed by atoms with E-state index >= 15 is 0 Å². The van der Waals surface area contributed by atoms with Gasteiger partial charge >= 0.3 is 12.1 Å². The minimum Gasteiger partial charge on any atom is -0.477 e. The SMILES string of the molecule is CC(=O)N1CCc2c(cn(-c3cccc(C(F)(F)F)c3)c(=O)c2C(=O)O)C1. The second-order valence-electron chi connectivity index (χ2n) is 6.23. The summed E-state index contributed by atoms with van der Waals surface area (Å²) in [6.07, 6.45) is -3.10. The van der Waals surface area contributed by atoms with Crippen LogP contribution in [0.5, 0.6) is 0 Å². The van der Waals surface area contributed by atoms with E-state index in [1.54, 1.807) is 0 Å². The second kappa shape index (κ2) is 6.57. The molecule has 1 N–H and O–H groups in total. The molecule has 3 rings (SSSR count). The number of rotatable bonds is 2. The highest BCUT2D eigenvalue weighted by Crippen LogP contribution is 2.30. The Kier molecular flexibility index (Phi) is 4.54. The van der Waals surface area contributed by atoms with Crippen LogP contribution in [0.4, 0.5) is 13.2 Å². The van der Waals surface area contributed by atoms with Crippen LogP contribution in [-0.4, -0.2) is 33.0 Å². The van der Waals surface area contributed by atoms with Crippen LogP contribution in [-0.2, 0) is 23.9 Å². The Balaban J connectivity index is 2.22. The van der Waals surface area contributed by atoms with Crippen LogP contribution in [0, 0.1) is 0 Å². The lowest BCUT2D eigenvalue weighted by molar-refractivity contribution is -0.137. The topological polar surface area (TPSA) is 79.6 Å². The molecular formula is C18H15F3N2O4. The molecule has 0 unspecified atom stereocenters. The molecule has 1 amide bonds. The van der Waals surface area contributed by atoms with E-state index in [0.29, 0.717) is 11.1 Å². The zero-order chi connectivity index (χ0) is 19.9. The molecule has 0 bridgehead atoms. The van der Waals surface area contributed by atoms with Gasteiger partial charge in [-0.05, 0) is 35.7 Å². The third-order valence-corrected chi connectivity index (χ3v) is 4.51. The number of aromatic nitrogens is 1. The fraction of sp³-hybridized carbons (Fsp3) is 0.278. The highest BCUT2D eigenvalue weighted by molar-refractivity contribution is 5.89. The predicted molar refractivity (Wildman–Crippen MR) is 88.8 cm³/mol. The van der Waals surface area contributed by atoms with E-state index in [1.807, 2.05) is 0 Å². The highest BCUT2D eigenvalue weighted by atomic mass is 19.4. The van der Waals surface area contributed by atoms with Crippen LogP contribution in [0.1, 0.15) is 34.0 Å². The minimum atomic E-state index is -4.60. The van der Waals surface area contributed by atoms with Gasteiger partial charge in [0.1, 0.15) is 5.56 Å². The summed E-state index contributed by atoms with van der Waals surface area (Å²) in [5, 5.41) is 9.48. The summed E-state index contributed by atoms with van der Waals surface area (Å²) in [5.74, 6) is -1.66. The molecule has 9 heteroatoms. The fourth-order valence-electron chi connectivity index (χ4n) is 3.17. The molecule has 0 aliphatic carbocycles. The molecule has 0 saturated carbocycles. The molecule has 1 aliphatic heterocycles. The number of halogens is 3. The van der Waals surface area contributed by atoms with Crippen molar-refractivity contribution in [2.45, 2.75) is 26.1 Å². The molecule has 6 nitrogen and oxygen atoms in total. The maximum atomic E-state index is 13.0. The van der Waals surface area contributed by atoms with Crippen molar-refractivity contribution in [1.82, 2.24) is 9.47 Å². The van der Waals surface area contributed by atoms with Crippen LogP contribution in [0.3, 0.4) is 0 Å². The Morgan fingerprint density at radius 1 is 1.22 bits per heavy atom. The zero-order valence-corrected chi connectivity index (χ0v) is 14.2. The van der Waals surface area contributed by atoms with Gasteiger partial charge in [-0.25, -0.2) is 4.79 Å². The molecule has 0 fully saturated rings. The van der Waals surface area contributed by atoms with Gasteiger partial charge in [0.15, 0.2) is 0 Å². The van der Waals surface area contributed by atoms with Gasteiger partial charge in [-0.15, -0.1) is 0 Å². The van der Waals surface area contributed by atoms with E-state index in [9.17, 15) is 32.7 Å². The number of carboxylic acids is 1. The second-order valence-corrected chi connectivity index (χ2v) is 6.23. The van der Waals surface area contributed by atoms with Gasteiger partial charge in [0.05, 0.1) is 5.56 Å². The largest absolute Gasteiger partial charge is 0.477 e. The van der Waals surface area contributed by atoms with Crippen molar-refractivity contribution in [1.29, 1.82) is 0 Å². The number of fused-ring (bicyclic) bond motifs is 1. The van der Waals surface area contributed by atoms with Crippen molar-refractivity contribution in [3.8, 4) is 5.69 Å². The molecule has 1 aliphatic rings. The van der Waals surface area contributed by atoms with Crippen molar-refractivity contribution in [3.63, 3.8) is 0 Å². The molecular weight excluding hydrogens is 365 g/mol. The Morgan fingerprint density at radius 3 is 2.52 bits per heavy atom. The van der Waals surface area contributed by atoms with Crippen molar-refractivity contribution >= 4 is 11.9 Å². The van der Waals surface area contributed by atoms with E-state index < -0.39 is 28.8 Å².